The van der Waals surface area contributed by atoms with Crippen molar-refractivity contribution in [2.75, 3.05) is 19.6 Å². The van der Waals surface area contributed by atoms with Crippen molar-refractivity contribution >= 4 is 5.78 Å². The molecule has 4 atom stereocenters. The van der Waals surface area contributed by atoms with Crippen LogP contribution in [0.4, 0.5) is 0 Å². The van der Waals surface area contributed by atoms with Crippen molar-refractivity contribution in [2.24, 2.45) is 16.7 Å². The summed E-state index contributed by atoms with van der Waals surface area (Å²) in [6.07, 6.45) is 2.64. The fourth-order valence-corrected chi connectivity index (χ4v) is 5.78. The van der Waals surface area contributed by atoms with Crippen LogP contribution >= 0.6 is 0 Å². The number of piperidine rings is 1. The lowest BCUT2D eigenvalue weighted by Gasteiger charge is -2.60. The Hall–Kier alpha value is -1.23. The number of benzene rings is 1. The first-order chi connectivity index (χ1) is 13.3. The molecular formula is C24H37NO3. The maximum atomic E-state index is 12.9. The highest BCUT2D eigenvalue weighted by Crippen LogP contribution is 2.53. The van der Waals surface area contributed by atoms with E-state index in [4.69, 9.17) is 0 Å². The van der Waals surface area contributed by atoms with Crippen molar-refractivity contribution in [3.05, 3.63) is 35.9 Å². The van der Waals surface area contributed by atoms with Gasteiger partial charge < -0.3 is 15.1 Å². The van der Waals surface area contributed by atoms with E-state index < -0.39 is 23.0 Å². The molecule has 1 heterocycles. The molecule has 1 aliphatic carbocycles. The van der Waals surface area contributed by atoms with Crippen LogP contribution in [-0.4, -0.2) is 52.7 Å². The number of rotatable bonds is 8. The number of nitrogens with zero attached hydrogens (tertiary/aromatic N) is 1. The fraction of sp³-hybridized carbons (Fsp3) is 0.708. The van der Waals surface area contributed by atoms with Crippen LogP contribution in [0.1, 0.15) is 58.4 Å². The van der Waals surface area contributed by atoms with Gasteiger partial charge in [0.1, 0.15) is 5.78 Å². The van der Waals surface area contributed by atoms with Crippen LogP contribution in [0.2, 0.25) is 0 Å². The molecule has 2 aliphatic rings. The first-order valence-electron chi connectivity index (χ1n) is 11.0. The van der Waals surface area contributed by atoms with Crippen LogP contribution in [-0.2, 0) is 11.2 Å². The first-order valence-corrected chi connectivity index (χ1v) is 11.0. The molecule has 156 valence electrons. The van der Waals surface area contributed by atoms with Gasteiger partial charge in [-0.1, -0.05) is 63.9 Å². The van der Waals surface area contributed by atoms with Crippen LogP contribution in [0.3, 0.4) is 0 Å². The summed E-state index contributed by atoms with van der Waals surface area (Å²) in [5, 5.41) is 22.8. The van der Waals surface area contributed by atoms with E-state index >= 15 is 0 Å². The van der Waals surface area contributed by atoms with Crippen molar-refractivity contribution in [1.82, 2.24) is 4.90 Å². The third kappa shape index (κ3) is 4.19. The number of fused-ring (bicyclic) bond motifs is 2. The quantitative estimate of drug-likeness (QED) is 0.717. The molecule has 1 aromatic carbocycles. The second kappa shape index (κ2) is 8.64. The number of hydrogen-bond donors (Lipinski definition) is 2. The molecule has 1 aliphatic heterocycles. The molecule has 0 aromatic heterocycles. The van der Waals surface area contributed by atoms with Crippen LogP contribution in [0.25, 0.3) is 0 Å². The molecule has 0 radical (unpaired) electrons. The summed E-state index contributed by atoms with van der Waals surface area (Å²) in [4.78, 5) is 15.3. The Morgan fingerprint density at radius 1 is 1.18 bits per heavy atom. The average Bonchev–Trinajstić information content (AvgIpc) is 2.62. The molecule has 4 unspecified atom stereocenters. The Balaban J connectivity index is 1.99. The monoisotopic (exact) mass is 387 g/mol. The van der Waals surface area contributed by atoms with E-state index in [2.05, 4.69) is 37.8 Å². The summed E-state index contributed by atoms with van der Waals surface area (Å²) < 4.78 is 0. The van der Waals surface area contributed by atoms with Crippen LogP contribution in [0.5, 0.6) is 0 Å². The Kier molecular flexibility index (Phi) is 6.63. The van der Waals surface area contributed by atoms with E-state index in [0.717, 1.165) is 31.5 Å². The second-order valence-electron chi connectivity index (χ2n) is 9.77. The van der Waals surface area contributed by atoms with E-state index in [0.29, 0.717) is 38.1 Å². The Morgan fingerprint density at radius 3 is 2.54 bits per heavy atom. The van der Waals surface area contributed by atoms with E-state index in [-0.39, 0.29) is 5.78 Å². The van der Waals surface area contributed by atoms with Gasteiger partial charge in [-0.05, 0) is 24.3 Å². The Bertz CT molecular complexity index is 661. The highest BCUT2D eigenvalue weighted by atomic mass is 16.3. The molecule has 28 heavy (non-hydrogen) atoms. The number of carbonyl (C=O) groups is 1. The molecule has 2 fully saturated rings. The number of aliphatic hydroxyl groups excluding tert-OH is 2. The summed E-state index contributed by atoms with van der Waals surface area (Å²) in [5.41, 5.74) is -0.108. The predicted octanol–water partition coefficient (Wildman–Crippen LogP) is 3.45. The van der Waals surface area contributed by atoms with Gasteiger partial charge in [-0.2, -0.15) is 0 Å². The molecule has 4 nitrogen and oxygen atoms in total. The zero-order valence-electron chi connectivity index (χ0n) is 17.7. The molecule has 3 rings (SSSR count). The van der Waals surface area contributed by atoms with E-state index in [1.54, 1.807) is 0 Å². The zero-order chi connectivity index (χ0) is 20.4. The molecule has 2 N–H and O–H groups in total. The number of ketones is 1. The third-order valence-corrected chi connectivity index (χ3v) is 6.77. The Morgan fingerprint density at radius 2 is 1.89 bits per heavy atom. The standard InChI is InChI=1S/C24H37NO3/c1-4-5-11-21(27)24-14-20(26)13-23(22(24)28,12-19-9-7-6-8-10-19)16-25(17-24)15-18(2)3/h6-10,18,21-22,27-28H,4-5,11-17H2,1-3H3. The highest BCUT2D eigenvalue weighted by molar-refractivity contribution is 5.82. The van der Waals surface area contributed by atoms with Crippen molar-refractivity contribution in [3.63, 3.8) is 0 Å². The molecule has 1 saturated heterocycles. The van der Waals surface area contributed by atoms with Gasteiger partial charge in [0.05, 0.1) is 12.2 Å². The molecule has 2 bridgehead atoms. The topological polar surface area (TPSA) is 60.8 Å². The van der Waals surface area contributed by atoms with Gasteiger partial charge in [0.15, 0.2) is 0 Å². The molecule has 4 heteroatoms. The third-order valence-electron chi connectivity index (χ3n) is 6.77. The summed E-state index contributed by atoms with van der Waals surface area (Å²) in [6, 6.07) is 10.2. The van der Waals surface area contributed by atoms with Gasteiger partial charge >= 0.3 is 0 Å². The number of Topliss-reactive ketones (excluding diaryl/α,β-unsaturated/α-hetero) is 1. The summed E-state index contributed by atoms with van der Waals surface area (Å²) in [5.74, 6) is 0.700. The minimum absolute atomic E-state index is 0.195. The van der Waals surface area contributed by atoms with Gasteiger partial charge in [0.25, 0.3) is 0 Å². The number of carbonyl (C=O) groups excluding carboxylic acids is 1. The van der Waals surface area contributed by atoms with Gasteiger partial charge in [0, 0.05) is 43.3 Å². The summed E-state index contributed by atoms with van der Waals surface area (Å²) in [7, 11) is 0. The second-order valence-corrected chi connectivity index (χ2v) is 9.77. The largest absolute Gasteiger partial charge is 0.392 e. The molecule has 0 amide bonds. The van der Waals surface area contributed by atoms with Crippen LogP contribution in [0, 0.1) is 16.7 Å². The first kappa shape index (κ1) is 21.5. The van der Waals surface area contributed by atoms with Crippen molar-refractivity contribution in [1.29, 1.82) is 0 Å². The molecule has 1 saturated carbocycles. The minimum Gasteiger partial charge on any atom is -0.392 e. The lowest BCUT2D eigenvalue weighted by Crippen LogP contribution is -2.70. The Labute approximate surface area is 169 Å². The fourth-order valence-electron chi connectivity index (χ4n) is 5.78. The average molecular weight is 388 g/mol. The van der Waals surface area contributed by atoms with Crippen molar-refractivity contribution in [2.45, 2.75) is 71.5 Å². The summed E-state index contributed by atoms with van der Waals surface area (Å²) >= 11 is 0. The van der Waals surface area contributed by atoms with E-state index in [9.17, 15) is 15.0 Å². The van der Waals surface area contributed by atoms with Crippen molar-refractivity contribution in [3.8, 4) is 0 Å². The maximum absolute atomic E-state index is 12.9. The van der Waals surface area contributed by atoms with Crippen molar-refractivity contribution < 1.29 is 15.0 Å². The zero-order valence-corrected chi connectivity index (χ0v) is 17.7. The van der Waals surface area contributed by atoms with E-state index in [1.165, 1.54) is 0 Å². The lowest BCUT2D eigenvalue weighted by atomic mass is 9.52. The normalized spacial score (nSPS) is 31.9. The number of hydrogen-bond acceptors (Lipinski definition) is 4. The highest BCUT2D eigenvalue weighted by Gasteiger charge is 2.62. The van der Waals surface area contributed by atoms with Crippen LogP contribution < -0.4 is 0 Å². The van der Waals surface area contributed by atoms with Gasteiger partial charge in [-0.25, -0.2) is 0 Å². The van der Waals surface area contributed by atoms with Crippen LogP contribution in [0.15, 0.2) is 30.3 Å². The smallest absolute Gasteiger partial charge is 0.134 e. The maximum Gasteiger partial charge on any atom is 0.134 e. The molecular weight excluding hydrogens is 350 g/mol. The predicted molar refractivity (Wildman–Crippen MR) is 112 cm³/mol. The molecule has 1 aromatic rings. The summed E-state index contributed by atoms with van der Waals surface area (Å²) in [6.45, 7) is 8.78. The number of unbranched alkanes of at least 4 members (excludes halogenated alkanes) is 1. The SMILES string of the molecule is CCCCC(O)C12CC(=O)CC(Cc3ccccc3)(CN(CC(C)C)C1)C2O. The van der Waals surface area contributed by atoms with Gasteiger partial charge in [0.2, 0.25) is 0 Å². The van der Waals surface area contributed by atoms with E-state index in [1.807, 2.05) is 18.2 Å². The molecule has 0 spiro atoms. The lowest BCUT2D eigenvalue weighted by molar-refractivity contribution is -0.206. The van der Waals surface area contributed by atoms with Gasteiger partial charge in [-0.15, -0.1) is 0 Å². The number of aliphatic hydroxyl groups is 2. The van der Waals surface area contributed by atoms with Gasteiger partial charge in [-0.3, -0.25) is 4.79 Å². The number of likely N-dealkylation sites (tertiary alicyclic amines) is 1. The minimum atomic E-state index is -0.744.